The summed E-state index contributed by atoms with van der Waals surface area (Å²) in [7, 11) is 5.02. The van der Waals surface area contributed by atoms with Crippen molar-refractivity contribution >= 4 is 28.6 Å². The molecule has 1 unspecified atom stereocenters. The zero-order valence-corrected chi connectivity index (χ0v) is 29.4. The molecular formula is C38H45N7O6. The highest BCUT2D eigenvalue weighted by atomic mass is 16.5. The standard InChI is InChI=1S/C38H45N7O6/c1-42-21-30(29-20-39-41-36(29)38(42)49)27-18-32(50-2)31(33(19-27)51-3)22-44-14-16-45(17-15-44)35(47)23-43-12-10-25(11-13-43)24-4-6-26(7-5-24)28-8-9-34(46)40-37(28)48/h4-7,18-21,25,28H,8-17,22-23H2,1-3H3,(H,39,41)(H,40,46,48). The van der Waals surface area contributed by atoms with Crippen molar-refractivity contribution < 1.29 is 23.9 Å². The molecule has 1 atom stereocenters. The maximum absolute atomic E-state index is 13.4. The van der Waals surface area contributed by atoms with Crippen LogP contribution >= 0.6 is 0 Å². The lowest BCUT2D eigenvalue weighted by molar-refractivity contribution is -0.135. The van der Waals surface area contributed by atoms with Gasteiger partial charge in [0.2, 0.25) is 17.7 Å². The topological polar surface area (TPSA) is 142 Å². The van der Waals surface area contributed by atoms with Crippen molar-refractivity contribution in [1.29, 1.82) is 0 Å². The third kappa shape index (κ3) is 7.13. The van der Waals surface area contributed by atoms with E-state index in [0.717, 1.165) is 66.7 Å². The van der Waals surface area contributed by atoms with Gasteiger partial charge < -0.3 is 18.9 Å². The number of fused-ring (bicyclic) bond motifs is 1. The summed E-state index contributed by atoms with van der Waals surface area (Å²) >= 11 is 0. The highest BCUT2D eigenvalue weighted by Gasteiger charge is 2.30. The number of hydrogen-bond donors (Lipinski definition) is 2. The maximum atomic E-state index is 13.4. The zero-order valence-electron chi connectivity index (χ0n) is 29.4. The Morgan fingerprint density at radius 2 is 1.55 bits per heavy atom. The Balaban J connectivity index is 0.915. The van der Waals surface area contributed by atoms with Crippen molar-refractivity contribution in [2.45, 2.75) is 44.1 Å². The van der Waals surface area contributed by atoms with Gasteiger partial charge in [0, 0.05) is 63.3 Å². The number of aromatic nitrogens is 3. The number of nitrogens with one attached hydrogen (secondary N) is 2. The number of carbonyl (C=O) groups excluding carboxylic acids is 3. The molecule has 2 aromatic carbocycles. The predicted molar refractivity (Wildman–Crippen MR) is 192 cm³/mol. The number of H-pyrrole nitrogens is 1. The Morgan fingerprint density at radius 1 is 0.882 bits per heavy atom. The summed E-state index contributed by atoms with van der Waals surface area (Å²) in [5, 5.41) is 10.1. The molecule has 268 valence electrons. The fourth-order valence-corrected chi connectivity index (χ4v) is 7.78. The number of methoxy groups -OCH3 is 2. The molecule has 0 radical (unpaired) electrons. The number of pyridine rings is 1. The fraction of sp³-hybridized carbons (Fsp3) is 0.447. The van der Waals surface area contributed by atoms with Crippen LogP contribution < -0.4 is 20.3 Å². The minimum Gasteiger partial charge on any atom is -0.496 e. The Bertz CT molecular complexity index is 1960. The van der Waals surface area contributed by atoms with Crippen LogP contribution in [0.15, 0.2) is 53.6 Å². The number of carbonyl (C=O) groups is 3. The van der Waals surface area contributed by atoms with E-state index in [-0.39, 0.29) is 29.2 Å². The lowest BCUT2D eigenvalue weighted by atomic mass is 9.86. The molecule has 0 bridgehead atoms. The van der Waals surface area contributed by atoms with Gasteiger partial charge in [-0.25, -0.2) is 0 Å². The van der Waals surface area contributed by atoms with Crippen LogP contribution in [0, 0.1) is 0 Å². The summed E-state index contributed by atoms with van der Waals surface area (Å²) in [5.41, 5.74) is 5.17. The number of ether oxygens (including phenoxy) is 2. The second-order valence-corrected chi connectivity index (χ2v) is 13.9. The monoisotopic (exact) mass is 695 g/mol. The zero-order chi connectivity index (χ0) is 35.6. The van der Waals surface area contributed by atoms with Crippen LogP contribution in [0.5, 0.6) is 11.5 Å². The molecule has 3 saturated heterocycles. The number of rotatable bonds is 9. The van der Waals surface area contributed by atoms with Crippen molar-refractivity contribution in [3.8, 4) is 22.6 Å². The molecule has 3 fully saturated rings. The molecule has 3 aliphatic heterocycles. The van der Waals surface area contributed by atoms with Crippen LogP contribution in [-0.2, 0) is 28.0 Å². The Labute approximate surface area is 296 Å². The molecule has 0 saturated carbocycles. The second kappa shape index (κ2) is 14.7. The summed E-state index contributed by atoms with van der Waals surface area (Å²) < 4.78 is 13.3. The third-order valence-corrected chi connectivity index (χ3v) is 10.8. The van der Waals surface area contributed by atoms with Crippen LogP contribution in [0.25, 0.3) is 22.0 Å². The number of aromatic amines is 1. The molecule has 13 heteroatoms. The van der Waals surface area contributed by atoms with E-state index in [1.165, 1.54) is 5.56 Å². The smallest absolute Gasteiger partial charge is 0.276 e. The molecule has 13 nitrogen and oxygen atoms in total. The van der Waals surface area contributed by atoms with Crippen LogP contribution in [0.3, 0.4) is 0 Å². The molecule has 2 N–H and O–H groups in total. The Hall–Kier alpha value is -5.01. The summed E-state index contributed by atoms with van der Waals surface area (Å²) in [5.74, 6) is 1.32. The van der Waals surface area contributed by atoms with E-state index in [1.807, 2.05) is 29.2 Å². The summed E-state index contributed by atoms with van der Waals surface area (Å²) in [6, 6.07) is 12.2. The van der Waals surface area contributed by atoms with Gasteiger partial charge in [-0.15, -0.1) is 0 Å². The third-order valence-electron chi connectivity index (χ3n) is 10.8. The molecule has 51 heavy (non-hydrogen) atoms. The normalized spacial score (nSPS) is 19.4. The first-order valence-corrected chi connectivity index (χ1v) is 17.7. The number of nitrogens with zero attached hydrogens (tertiary/aromatic N) is 5. The van der Waals surface area contributed by atoms with Crippen LogP contribution in [-0.4, -0.2) is 107 Å². The second-order valence-electron chi connectivity index (χ2n) is 13.9. The van der Waals surface area contributed by atoms with E-state index in [4.69, 9.17) is 9.47 Å². The highest BCUT2D eigenvalue weighted by molar-refractivity contribution is 6.01. The molecule has 3 aliphatic rings. The minimum atomic E-state index is -0.266. The molecule has 2 aromatic heterocycles. The van der Waals surface area contributed by atoms with Gasteiger partial charge in [-0.3, -0.25) is 39.4 Å². The fourth-order valence-electron chi connectivity index (χ4n) is 7.78. The van der Waals surface area contributed by atoms with Gasteiger partial charge >= 0.3 is 0 Å². The molecule has 5 heterocycles. The minimum absolute atomic E-state index is 0.142. The molecule has 7 rings (SSSR count). The van der Waals surface area contributed by atoms with Gasteiger partial charge in [0.15, 0.2) is 0 Å². The number of likely N-dealkylation sites (tertiary alicyclic amines) is 1. The van der Waals surface area contributed by atoms with Crippen molar-refractivity contribution in [3.05, 3.63) is 75.8 Å². The van der Waals surface area contributed by atoms with Gasteiger partial charge in [0.25, 0.3) is 5.56 Å². The van der Waals surface area contributed by atoms with E-state index >= 15 is 0 Å². The molecule has 4 aromatic rings. The van der Waals surface area contributed by atoms with E-state index in [2.05, 4.69) is 37.4 Å². The van der Waals surface area contributed by atoms with E-state index in [0.29, 0.717) is 62.0 Å². The summed E-state index contributed by atoms with van der Waals surface area (Å²) in [4.78, 5) is 56.3. The lowest BCUT2D eigenvalue weighted by Crippen LogP contribution is -2.51. The summed E-state index contributed by atoms with van der Waals surface area (Å²) in [6.45, 7) is 5.59. The lowest BCUT2D eigenvalue weighted by Gasteiger charge is -2.37. The number of piperidine rings is 2. The van der Waals surface area contributed by atoms with Gasteiger partial charge in [-0.05, 0) is 67.1 Å². The van der Waals surface area contributed by atoms with Crippen molar-refractivity contribution in [1.82, 2.24) is 34.8 Å². The average Bonchev–Trinajstić information content (AvgIpc) is 3.64. The van der Waals surface area contributed by atoms with Gasteiger partial charge in [0.1, 0.15) is 17.0 Å². The maximum Gasteiger partial charge on any atom is 0.276 e. The number of benzene rings is 2. The van der Waals surface area contributed by atoms with Crippen molar-refractivity contribution in [3.63, 3.8) is 0 Å². The number of aryl methyl sites for hydroxylation is 1. The Morgan fingerprint density at radius 3 is 2.20 bits per heavy atom. The summed E-state index contributed by atoms with van der Waals surface area (Å²) in [6.07, 6.45) is 6.36. The first-order chi connectivity index (χ1) is 24.7. The first-order valence-electron chi connectivity index (χ1n) is 17.7. The molecule has 0 spiro atoms. The van der Waals surface area contributed by atoms with Gasteiger partial charge in [-0.2, -0.15) is 5.10 Å². The predicted octanol–water partition coefficient (Wildman–Crippen LogP) is 2.99. The first kappa shape index (κ1) is 34.4. The molecule has 0 aliphatic carbocycles. The Kier molecular flexibility index (Phi) is 9.92. The SMILES string of the molecule is COc1cc(-c2cn(C)c(=O)c3[nH]ncc23)cc(OC)c1CN1CCN(C(=O)CN2CCC(c3ccc(C4CCC(=O)NC4=O)cc3)CC2)CC1. The number of imide groups is 1. The largest absolute Gasteiger partial charge is 0.496 e. The van der Waals surface area contributed by atoms with Crippen LogP contribution in [0.2, 0.25) is 0 Å². The highest BCUT2D eigenvalue weighted by Crippen LogP contribution is 2.38. The number of amides is 3. The van der Waals surface area contributed by atoms with E-state index in [1.54, 1.807) is 38.2 Å². The van der Waals surface area contributed by atoms with Gasteiger partial charge in [0.05, 0.1) is 38.4 Å². The van der Waals surface area contributed by atoms with Crippen molar-refractivity contribution in [2.75, 3.05) is 60.0 Å². The molecule has 3 amide bonds. The number of piperazine rings is 1. The van der Waals surface area contributed by atoms with Crippen LogP contribution in [0.4, 0.5) is 0 Å². The van der Waals surface area contributed by atoms with E-state index < -0.39 is 0 Å². The number of hydrogen-bond acceptors (Lipinski definition) is 9. The van der Waals surface area contributed by atoms with Crippen molar-refractivity contribution in [2.24, 2.45) is 7.05 Å². The molecular weight excluding hydrogens is 650 g/mol. The van der Waals surface area contributed by atoms with E-state index in [9.17, 15) is 19.2 Å². The van der Waals surface area contributed by atoms with Crippen LogP contribution in [0.1, 0.15) is 54.2 Å². The quantitative estimate of drug-likeness (QED) is 0.253. The average molecular weight is 696 g/mol. The van der Waals surface area contributed by atoms with Gasteiger partial charge in [-0.1, -0.05) is 24.3 Å².